The summed E-state index contributed by atoms with van der Waals surface area (Å²) in [7, 11) is 1.27. The molecule has 7 nitrogen and oxygen atoms in total. The van der Waals surface area contributed by atoms with Gasteiger partial charge in [0.25, 0.3) is 0 Å². The normalized spacial score (nSPS) is 11.5. The molecule has 0 radical (unpaired) electrons. The van der Waals surface area contributed by atoms with E-state index in [1.54, 1.807) is 13.0 Å². The van der Waals surface area contributed by atoms with E-state index in [2.05, 4.69) is 0 Å². The van der Waals surface area contributed by atoms with Gasteiger partial charge >= 0.3 is 11.7 Å². The highest BCUT2D eigenvalue weighted by Gasteiger charge is 2.19. The standard InChI is InChI=1S/C17H16FNO6/c1-11(10-24-14-5-3-4-13(18)9-14)25-17(20)12-6-7-15(19(21)22)16(8-12)23-2/h3-9,11H,10H2,1-2H3. The van der Waals surface area contributed by atoms with E-state index >= 15 is 0 Å². The van der Waals surface area contributed by atoms with Crippen molar-refractivity contribution in [2.24, 2.45) is 0 Å². The summed E-state index contributed by atoms with van der Waals surface area (Å²) in [5.74, 6) is -0.827. The van der Waals surface area contributed by atoms with Crippen molar-refractivity contribution in [2.45, 2.75) is 13.0 Å². The van der Waals surface area contributed by atoms with E-state index in [4.69, 9.17) is 14.2 Å². The minimum absolute atomic E-state index is 0.0271. The zero-order valence-corrected chi connectivity index (χ0v) is 13.6. The third-order valence-electron chi connectivity index (χ3n) is 3.20. The molecule has 0 fully saturated rings. The van der Waals surface area contributed by atoms with Gasteiger partial charge in [0, 0.05) is 18.2 Å². The number of esters is 1. The third kappa shape index (κ3) is 4.90. The molecule has 0 aromatic heterocycles. The molecule has 0 spiro atoms. The van der Waals surface area contributed by atoms with Crippen LogP contribution < -0.4 is 9.47 Å². The third-order valence-corrected chi connectivity index (χ3v) is 3.20. The lowest BCUT2D eigenvalue weighted by Crippen LogP contribution is -2.22. The molecule has 0 heterocycles. The molecular weight excluding hydrogens is 333 g/mol. The van der Waals surface area contributed by atoms with Gasteiger partial charge in [-0.05, 0) is 25.1 Å². The number of benzene rings is 2. The van der Waals surface area contributed by atoms with Gasteiger partial charge in [0.1, 0.15) is 24.3 Å². The van der Waals surface area contributed by atoms with Crippen LogP contribution in [-0.2, 0) is 4.74 Å². The summed E-state index contributed by atoms with van der Waals surface area (Å²) in [5, 5.41) is 10.8. The molecule has 0 N–H and O–H groups in total. The van der Waals surface area contributed by atoms with E-state index in [1.165, 1.54) is 43.5 Å². The molecule has 2 rings (SSSR count). The van der Waals surface area contributed by atoms with Crippen LogP contribution in [0.15, 0.2) is 42.5 Å². The molecule has 2 aromatic rings. The SMILES string of the molecule is COc1cc(C(=O)OC(C)COc2cccc(F)c2)ccc1[N+](=O)[O-]. The Morgan fingerprint density at radius 2 is 2.04 bits per heavy atom. The van der Waals surface area contributed by atoms with Crippen LogP contribution in [0.2, 0.25) is 0 Å². The topological polar surface area (TPSA) is 87.9 Å². The molecule has 132 valence electrons. The number of carbonyl (C=O) groups excluding carboxylic acids is 1. The minimum Gasteiger partial charge on any atom is -0.490 e. The van der Waals surface area contributed by atoms with E-state index in [9.17, 15) is 19.3 Å². The average Bonchev–Trinajstić information content (AvgIpc) is 2.59. The molecule has 8 heteroatoms. The van der Waals surface area contributed by atoms with Crippen molar-refractivity contribution in [2.75, 3.05) is 13.7 Å². The molecule has 0 saturated carbocycles. The quantitative estimate of drug-likeness (QED) is 0.433. The van der Waals surface area contributed by atoms with Gasteiger partial charge in [0.05, 0.1) is 17.6 Å². The number of carbonyl (C=O) groups is 1. The number of nitrogens with zero attached hydrogens (tertiary/aromatic N) is 1. The Bertz CT molecular complexity index is 779. The van der Waals surface area contributed by atoms with Gasteiger partial charge in [-0.15, -0.1) is 0 Å². The van der Waals surface area contributed by atoms with Crippen molar-refractivity contribution in [3.8, 4) is 11.5 Å². The summed E-state index contributed by atoms with van der Waals surface area (Å²) in [4.78, 5) is 22.3. The lowest BCUT2D eigenvalue weighted by molar-refractivity contribution is -0.385. The van der Waals surface area contributed by atoms with Crippen LogP contribution >= 0.6 is 0 Å². The van der Waals surface area contributed by atoms with Crippen molar-refractivity contribution in [3.63, 3.8) is 0 Å². The summed E-state index contributed by atoms with van der Waals surface area (Å²) in [6, 6.07) is 9.28. The molecule has 25 heavy (non-hydrogen) atoms. The smallest absolute Gasteiger partial charge is 0.338 e. The molecular formula is C17H16FNO6. The summed E-state index contributed by atoms with van der Waals surface area (Å²) in [6.45, 7) is 1.64. The van der Waals surface area contributed by atoms with Crippen molar-refractivity contribution in [1.29, 1.82) is 0 Å². The van der Waals surface area contributed by atoms with Gasteiger partial charge < -0.3 is 14.2 Å². The van der Waals surface area contributed by atoms with Gasteiger partial charge in [0.2, 0.25) is 0 Å². The number of halogens is 1. The number of methoxy groups -OCH3 is 1. The van der Waals surface area contributed by atoms with Crippen molar-refractivity contribution in [1.82, 2.24) is 0 Å². The first kappa shape index (κ1) is 18.2. The number of hydrogen-bond acceptors (Lipinski definition) is 6. The van der Waals surface area contributed by atoms with Crippen LogP contribution in [0, 0.1) is 15.9 Å². The lowest BCUT2D eigenvalue weighted by atomic mass is 10.2. The molecule has 0 amide bonds. The van der Waals surface area contributed by atoms with Crippen LogP contribution in [0.4, 0.5) is 10.1 Å². The maximum Gasteiger partial charge on any atom is 0.338 e. The van der Waals surface area contributed by atoms with E-state index < -0.39 is 22.8 Å². The predicted molar refractivity (Wildman–Crippen MR) is 86.4 cm³/mol. The molecule has 0 aliphatic carbocycles. The van der Waals surface area contributed by atoms with Crippen LogP contribution in [0.5, 0.6) is 11.5 Å². The first-order chi connectivity index (χ1) is 11.9. The van der Waals surface area contributed by atoms with Crippen molar-refractivity contribution >= 4 is 11.7 Å². The second-order valence-electron chi connectivity index (χ2n) is 5.13. The minimum atomic E-state index is -0.677. The Hall–Kier alpha value is -3.16. The van der Waals surface area contributed by atoms with Gasteiger partial charge in [-0.3, -0.25) is 10.1 Å². The summed E-state index contributed by atoms with van der Waals surface area (Å²) in [5.41, 5.74) is -0.137. The molecule has 0 bridgehead atoms. The summed E-state index contributed by atoms with van der Waals surface area (Å²) in [6.07, 6.45) is -0.614. The molecule has 1 unspecified atom stereocenters. The highest BCUT2D eigenvalue weighted by atomic mass is 19.1. The fourth-order valence-corrected chi connectivity index (χ4v) is 2.01. The number of nitro groups is 1. The van der Waals surface area contributed by atoms with Crippen LogP contribution in [0.1, 0.15) is 17.3 Å². The summed E-state index contributed by atoms with van der Waals surface area (Å²) >= 11 is 0. The second-order valence-corrected chi connectivity index (χ2v) is 5.13. The highest BCUT2D eigenvalue weighted by molar-refractivity contribution is 5.90. The molecule has 1 atom stereocenters. The Morgan fingerprint density at radius 3 is 2.68 bits per heavy atom. The molecule has 0 aliphatic rings. The number of ether oxygens (including phenoxy) is 3. The first-order valence-electron chi connectivity index (χ1n) is 7.32. The van der Waals surface area contributed by atoms with Gasteiger partial charge in [-0.1, -0.05) is 6.07 Å². The lowest BCUT2D eigenvalue weighted by Gasteiger charge is -2.14. The number of rotatable bonds is 7. The largest absolute Gasteiger partial charge is 0.490 e. The monoisotopic (exact) mass is 349 g/mol. The van der Waals surface area contributed by atoms with Crippen LogP contribution in [0.25, 0.3) is 0 Å². The summed E-state index contributed by atoms with van der Waals surface area (Å²) < 4.78 is 28.5. The van der Waals surface area contributed by atoms with Crippen LogP contribution in [0.3, 0.4) is 0 Å². The number of hydrogen-bond donors (Lipinski definition) is 0. The molecule has 2 aromatic carbocycles. The second kappa shape index (κ2) is 8.09. The van der Waals surface area contributed by atoms with E-state index in [0.717, 1.165) is 0 Å². The van der Waals surface area contributed by atoms with Gasteiger partial charge in [-0.25, -0.2) is 9.18 Å². The molecule has 0 saturated heterocycles. The van der Waals surface area contributed by atoms with E-state index in [-0.39, 0.29) is 23.6 Å². The maximum atomic E-state index is 13.1. The Balaban J connectivity index is 1.97. The average molecular weight is 349 g/mol. The Labute approximate surface area is 143 Å². The van der Waals surface area contributed by atoms with Gasteiger partial charge in [0.15, 0.2) is 5.75 Å². The maximum absolute atomic E-state index is 13.1. The van der Waals surface area contributed by atoms with Crippen LogP contribution in [-0.4, -0.2) is 30.7 Å². The van der Waals surface area contributed by atoms with Crippen molar-refractivity contribution < 1.29 is 28.3 Å². The van der Waals surface area contributed by atoms with E-state index in [1.807, 2.05) is 0 Å². The van der Waals surface area contributed by atoms with Crippen molar-refractivity contribution in [3.05, 3.63) is 64.0 Å². The Kier molecular flexibility index (Phi) is 5.89. The van der Waals surface area contributed by atoms with E-state index in [0.29, 0.717) is 5.75 Å². The predicted octanol–water partition coefficient (Wildman–Crippen LogP) is 3.37. The fourth-order valence-electron chi connectivity index (χ4n) is 2.01. The Morgan fingerprint density at radius 1 is 1.28 bits per heavy atom. The first-order valence-corrected chi connectivity index (χ1v) is 7.32. The zero-order valence-electron chi connectivity index (χ0n) is 13.6. The zero-order chi connectivity index (χ0) is 18.4. The highest BCUT2D eigenvalue weighted by Crippen LogP contribution is 2.27. The number of nitro benzene ring substituents is 1. The molecule has 0 aliphatic heterocycles. The fraction of sp³-hybridized carbons (Fsp3) is 0.235. The van der Waals surface area contributed by atoms with Gasteiger partial charge in [-0.2, -0.15) is 0 Å².